The van der Waals surface area contributed by atoms with E-state index >= 15 is 0 Å². The summed E-state index contributed by atoms with van der Waals surface area (Å²) >= 11 is 0. The summed E-state index contributed by atoms with van der Waals surface area (Å²) in [6, 6.07) is 11.8. The Kier molecular flexibility index (Phi) is 5.76. The lowest BCUT2D eigenvalue weighted by Crippen LogP contribution is -2.39. The summed E-state index contributed by atoms with van der Waals surface area (Å²) in [5.74, 6) is 2.29. The number of nitrogens with one attached hydrogen (secondary N) is 2. The van der Waals surface area contributed by atoms with E-state index in [1.165, 1.54) is 0 Å². The molecule has 0 saturated heterocycles. The smallest absolute Gasteiger partial charge is 0.229 e. The van der Waals surface area contributed by atoms with Crippen molar-refractivity contribution in [1.29, 1.82) is 0 Å². The number of carbonyl (C=O) groups excluding carboxylic acids is 1. The van der Waals surface area contributed by atoms with E-state index in [0.29, 0.717) is 37.7 Å². The standard InChI is InChI=1S/C22H27N3O4/c1-25(2)15-5-3-6-16(11-15)27-10-4-9-23-13-17-14-28-20-8-7-19-18(22(20)29-17)12-21(26)24-19/h3,5-8,11,17,23H,4,9-10,12-14H2,1-2H3,(H,24,26). The van der Waals surface area contributed by atoms with Crippen LogP contribution in [-0.4, -0.2) is 52.4 Å². The summed E-state index contributed by atoms with van der Waals surface area (Å²) in [5.41, 5.74) is 2.84. The molecule has 2 heterocycles. The molecular weight excluding hydrogens is 370 g/mol. The van der Waals surface area contributed by atoms with Crippen molar-refractivity contribution in [2.45, 2.75) is 18.9 Å². The van der Waals surface area contributed by atoms with Crippen molar-refractivity contribution in [2.24, 2.45) is 0 Å². The summed E-state index contributed by atoms with van der Waals surface area (Å²) in [5, 5.41) is 6.25. The maximum absolute atomic E-state index is 11.7. The Morgan fingerprint density at radius 1 is 1.28 bits per heavy atom. The van der Waals surface area contributed by atoms with Gasteiger partial charge in [-0.05, 0) is 37.2 Å². The first kappa shape index (κ1) is 19.4. The van der Waals surface area contributed by atoms with Crippen LogP contribution in [-0.2, 0) is 11.2 Å². The molecule has 1 unspecified atom stereocenters. The topological polar surface area (TPSA) is 72.1 Å². The molecule has 0 aliphatic carbocycles. The van der Waals surface area contributed by atoms with Gasteiger partial charge < -0.3 is 29.7 Å². The molecule has 2 aliphatic heterocycles. The molecule has 29 heavy (non-hydrogen) atoms. The number of carbonyl (C=O) groups is 1. The lowest BCUT2D eigenvalue weighted by atomic mass is 10.1. The van der Waals surface area contributed by atoms with E-state index in [1.54, 1.807) is 0 Å². The molecule has 1 atom stereocenters. The quantitative estimate of drug-likeness (QED) is 0.667. The van der Waals surface area contributed by atoms with Gasteiger partial charge in [-0.2, -0.15) is 0 Å². The molecule has 0 saturated carbocycles. The maximum Gasteiger partial charge on any atom is 0.229 e. The minimum Gasteiger partial charge on any atom is -0.493 e. The van der Waals surface area contributed by atoms with Crippen LogP contribution in [0.15, 0.2) is 36.4 Å². The van der Waals surface area contributed by atoms with Crippen LogP contribution in [0, 0.1) is 0 Å². The largest absolute Gasteiger partial charge is 0.493 e. The zero-order chi connectivity index (χ0) is 20.2. The molecular formula is C22H27N3O4. The number of anilines is 2. The molecule has 2 aromatic rings. The number of benzene rings is 2. The van der Waals surface area contributed by atoms with Gasteiger partial charge in [0, 0.05) is 43.6 Å². The third-order valence-corrected chi connectivity index (χ3v) is 5.02. The van der Waals surface area contributed by atoms with Gasteiger partial charge in [0.25, 0.3) is 0 Å². The first-order valence-electron chi connectivity index (χ1n) is 9.96. The van der Waals surface area contributed by atoms with Gasteiger partial charge in [0.05, 0.1) is 13.0 Å². The molecule has 0 bridgehead atoms. The molecule has 2 N–H and O–H groups in total. The number of hydrogen-bond donors (Lipinski definition) is 2. The zero-order valence-electron chi connectivity index (χ0n) is 16.9. The minimum absolute atomic E-state index is 0.00614. The van der Waals surface area contributed by atoms with Crippen molar-refractivity contribution in [2.75, 3.05) is 50.6 Å². The summed E-state index contributed by atoms with van der Waals surface area (Å²) in [7, 11) is 4.03. The Bertz CT molecular complexity index is 884. The van der Waals surface area contributed by atoms with Crippen molar-refractivity contribution in [3.63, 3.8) is 0 Å². The van der Waals surface area contributed by atoms with Gasteiger partial charge in [-0.3, -0.25) is 4.79 Å². The molecule has 0 aromatic heterocycles. The van der Waals surface area contributed by atoms with Crippen LogP contribution in [0.5, 0.6) is 17.2 Å². The SMILES string of the molecule is CN(C)c1cccc(OCCCNCC2COc3ccc4c(c3O2)CC(=O)N4)c1. The van der Waals surface area contributed by atoms with Crippen LogP contribution in [0.4, 0.5) is 11.4 Å². The number of ether oxygens (including phenoxy) is 3. The Labute approximate surface area is 170 Å². The van der Waals surface area contributed by atoms with E-state index in [2.05, 4.69) is 21.6 Å². The van der Waals surface area contributed by atoms with Crippen molar-refractivity contribution >= 4 is 17.3 Å². The number of rotatable bonds is 8. The highest BCUT2D eigenvalue weighted by atomic mass is 16.6. The van der Waals surface area contributed by atoms with Gasteiger partial charge >= 0.3 is 0 Å². The highest BCUT2D eigenvalue weighted by Gasteiger charge is 2.29. The number of fused-ring (bicyclic) bond motifs is 3. The van der Waals surface area contributed by atoms with Gasteiger partial charge in [0.1, 0.15) is 18.5 Å². The summed E-state index contributed by atoms with van der Waals surface area (Å²) in [6.45, 7) is 2.65. The normalized spacial score (nSPS) is 16.9. The second kappa shape index (κ2) is 8.61. The lowest BCUT2D eigenvalue weighted by molar-refractivity contribution is -0.115. The number of nitrogens with zero attached hydrogens (tertiary/aromatic N) is 1. The first-order chi connectivity index (χ1) is 14.1. The van der Waals surface area contributed by atoms with Gasteiger partial charge in [0.15, 0.2) is 11.5 Å². The van der Waals surface area contributed by atoms with Crippen LogP contribution in [0.25, 0.3) is 0 Å². The van der Waals surface area contributed by atoms with Gasteiger partial charge in [-0.15, -0.1) is 0 Å². The first-order valence-corrected chi connectivity index (χ1v) is 9.96. The molecule has 1 amide bonds. The Morgan fingerprint density at radius 3 is 3.03 bits per heavy atom. The highest BCUT2D eigenvalue weighted by molar-refractivity contribution is 6.00. The average molecular weight is 397 g/mol. The van der Waals surface area contributed by atoms with Crippen molar-refractivity contribution < 1.29 is 19.0 Å². The minimum atomic E-state index is -0.0811. The number of amides is 1. The molecule has 154 valence electrons. The predicted molar refractivity (Wildman–Crippen MR) is 112 cm³/mol. The molecule has 0 spiro atoms. The van der Waals surface area contributed by atoms with E-state index in [4.69, 9.17) is 14.2 Å². The number of hydrogen-bond acceptors (Lipinski definition) is 6. The molecule has 7 heteroatoms. The van der Waals surface area contributed by atoms with Crippen LogP contribution in [0.2, 0.25) is 0 Å². The Hall–Kier alpha value is -2.93. The van der Waals surface area contributed by atoms with Crippen molar-refractivity contribution in [1.82, 2.24) is 5.32 Å². The Balaban J connectivity index is 1.19. The van der Waals surface area contributed by atoms with Gasteiger partial charge in [-0.25, -0.2) is 0 Å². The summed E-state index contributed by atoms with van der Waals surface area (Å²) in [4.78, 5) is 13.7. The zero-order valence-corrected chi connectivity index (χ0v) is 16.9. The van der Waals surface area contributed by atoms with Crippen molar-refractivity contribution in [3.8, 4) is 17.2 Å². The molecule has 0 fully saturated rings. The average Bonchev–Trinajstić information content (AvgIpc) is 3.11. The van der Waals surface area contributed by atoms with E-state index in [1.807, 2.05) is 44.4 Å². The maximum atomic E-state index is 11.7. The molecule has 2 aromatic carbocycles. The van der Waals surface area contributed by atoms with Crippen LogP contribution >= 0.6 is 0 Å². The molecule has 4 rings (SSSR count). The van der Waals surface area contributed by atoms with Crippen LogP contribution < -0.4 is 29.7 Å². The Morgan fingerprint density at radius 2 is 2.17 bits per heavy atom. The van der Waals surface area contributed by atoms with Crippen molar-refractivity contribution in [3.05, 3.63) is 42.0 Å². The molecule has 2 aliphatic rings. The third kappa shape index (κ3) is 4.56. The van der Waals surface area contributed by atoms with E-state index < -0.39 is 0 Å². The van der Waals surface area contributed by atoms with Crippen LogP contribution in [0.1, 0.15) is 12.0 Å². The second-order valence-corrected chi connectivity index (χ2v) is 7.49. The van der Waals surface area contributed by atoms with E-state index in [9.17, 15) is 4.79 Å². The highest BCUT2D eigenvalue weighted by Crippen LogP contribution is 2.41. The fraction of sp³-hybridized carbons (Fsp3) is 0.409. The van der Waals surface area contributed by atoms with E-state index in [0.717, 1.165) is 35.7 Å². The van der Waals surface area contributed by atoms with Gasteiger partial charge in [-0.1, -0.05) is 6.07 Å². The fourth-order valence-corrected chi connectivity index (χ4v) is 3.48. The summed E-state index contributed by atoms with van der Waals surface area (Å²) < 4.78 is 17.8. The lowest BCUT2D eigenvalue weighted by Gasteiger charge is -2.28. The van der Waals surface area contributed by atoms with E-state index in [-0.39, 0.29) is 12.0 Å². The molecule has 7 nitrogen and oxygen atoms in total. The summed E-state index contributed by atoms with van der Waals surface area (Å²) in [6.07, 6.45) is 1.15. The third-order valence-electron chi connectivity index (χ3n) is 5.02. The fourth-order valence-electron chi connectivity index (χ4n) is 3.48. The van der Waals surface area contributed by atoms with Crippen LogP contribution in [0.3, 0.4) is 0 Å². The van der Waals surface area contributed by atoms with Gasteiger partial charge in [0.2, 0.25) is 5.91 Å². The predicted octanol–water partition coefficient (Wildman–Crippen LogP) is 2.45. The second-order valence-electron chi connectivity index (χ2n) is 7.49. The monoisotopic (exact) mass is 397 g/mol. The molecule has 0 radical (unpaired) electrons.